The van der Waals surface area contributed by atoms with Gasteiger partial charge in [-0.3, -0.25) is 0 Å². The zero-order chi connectivity index (χ0) is 13.8. The summed E-state index contributed by atoms with van der Waals surface area (Å²) in [6.07, 6.45) is 5.50. The second kappa shape index (κ2) is 5.86. The molecule has 0 atom stereocenters. The van der Waals surface area contributed by atoms with Gasteiger partial charge in [0.05, 0.1) is 17.9 Å². The molecule has 0 unspecified atom stereocenters. The Morgan fingerprint density at radius 1 is 1.20 bits per heavy atom. The summed E-state index contributed by atoms with van der Waals surface area (Å²) in [5.41, 5.74) is 2.35. The first-order valence-electron chi connectivity index (χ1n) is 6.86. The second-order valence-electron chi connectivity index (χ2n) is 4.91. The molecule has 1 aliphatic heterocycles. The molecule has 20 heavy (non-hydrogen) atoms. The van der Waals surface area contributed by atoms with Crippen molar-refractivity contribution < 1.29 is 4.39 Å². The number of anilines is 2. The Hall–Kier alpha value is -2.17. The predicted molar refractivity (Wildman–Crippen MR) is 77.2 cm³/mol. The minimum atomic E-state index is -0.167. The van der Waals surface area contributed by atoms with Gasteiger partial charge in [-0.25, -0.2) is 14.4 Å². The maximum absolute atomic E-state index is 14.1. The molecule has 1 aliphatic rings. The molecular formula is C15H17FN4. The van der Waals surface area contributed by atoms with Gasteiger partial charge in [0.1, 0.15) is 12.1 Å². The van der Waals surface area contributed by atoms with E-state index in [9.17, 15) is 4.39 Å². The van der Waals surface area contributed by atoms with Gasteiger partial charge >= 0.3 is 0 Å². The number of nitrogens with zero attached hydrogens (tertiary/aromatic N) is 3. The Bertz CT molecular complexity index is 567. The molecule has 1 fully saturated rings. The monoisotopic (exact) mass is 272 g/mol. The van der Waals surface area contributed by atoms with Crippen LogP contribution in [-0.4, -0.2) is 23.1 Å². The SMILES string of the molecule is Fc1cc(NCc2ccncn2)ccc1N1CCCC1. The number of nitrogens with one attached hydrogen (secondary N) is 1. The van der Waals surface area contributed by atoms with Crippen molar-refractivity contribution in [3.05, 3.63) is 48.3 Å². The van der Waals surface area contributed by atoms with Gasteiger partial charge in [0, 0.05) is 25.0 Å². The summed E-state index contributed by atoms with van der Waals surface area (Å²) in [5.74, 6) is -0.167. The van der Waals surface area contributed by atoms with Crippen LogP contribution in [-0.2, 0) is 6.54 Å². The number of hydrogen-bond donors (Lipinski definition) is 1. The largest absolute Gasteiger partial charge is 0.379 e. The van der Waals surface area contributed by atoms with E-state index >= 15 is 0 Å². The average Bonchev–Trinajstić information content (AvgIpc) is 3.00. The van der Waals surface area contributed by atoms with Crippen LogP contribution in [0, 0.1) is 5.82 Å². The molecule has 4 nitrogen and oxygen atoms in total. The molecule has 0 radical (unpaired) electrons. The number of halogens is 1. The van der Waals surface area contributed by atoms with Crippen molar-refractivity contribution in [2.75, 3.05) is 23.3 Å². The lowest BCUT2D eigenvalue weighted by molar-refractivity contribution is 0.623. The quantitative estimate of drug-likeness (QED) is 0.929. The standard InChI is InChI=1S/C15H17FN4/c16-14-9-12(18-10-13-5-6-17-11-19-13)3-4-15(14)20-7-1-2-8-20/h3-6,9,11,18H,1-2,7-8,10H2. The first-order valence-corrected chi connectivity index (χ1v) is 6.86. The van der Waals surface area contributed by atoms with Gasteiger partial charge < -0.3 is 10.2 Å². The molecule has 2 aromatic rings. The fourth-order valence-electron chi connectivity index (χ4n) is 2.45. The average molecular weight is 272 g/mol. The number of aromatic nitrogens is 2. The smallest absolute Gasteiger partial charge is 0.148 e. The normalized spacial score (nSPS) is 14.6. The molecule has 0 aliphatic carbocycles. The number of hydrogen-bond acceptors (Lipinski definition) is 4. The highest BCUT2D eigenvalue weighted by atomic mass is 19.1. The minimum Gasteiger partial charge on any atom is -0.379 e. The first-order chi connectivity index (χ1) is 9.83. The van der Waals surface area contributed by atoms with E-state index in [1.165, 1.54) is 6.33 Å². The van der Waals surface area contributed by atoms with Crippen LogP contribution in [0.2, 0.25) is 0 Å². The lowest BCUT2D eigenvalue weighted by atomic mass is 10.2. The fourth-order valence-corrected chi connectivity index (χ4v) is 2.45. The summed E-state index contributed by atoms with van der Waals surface area (Å²) in [6, 6.07) is 7.15. The van der Waals surface area contributed by atoms with Crippen molar-refractivity contribution >= 4 is 11.4 Å². The summed E-state index contributed by atoms with van der Waals surface area (Å²) in [6.45, 7) is 2.46. The van der Waals surface area contributed by atoms with E-state index in [4.69, 9.17) is 0 Å². The van der Waals surface area contributed by atoms with Gasteiger partial charge in [0.2, 0.25) is 0 Å². The van der Waals surface area contributed by atoms with Crippen molar-refractivity contribution in [1.29, 1.82) is 0 Å². The van der Waals surface area contributed by atoms with Gasteiger partial charge in [-0.1, -0.05) is 0 Å². The lowest BCUT2D eigenvalue weighted by Crippen LogP contribution is -2.19. The molecule has 0 saturated carbocycles. The summed E-state index contributed by atoms with van der Waals surface area (Å²) >= 11 is 0. The Kier molecular flexibility index (Phi) is 3.76. The van der Waals surface area contributed by atoms with Gasteiger partial charge in [-0.15, -0.1) is 0 Å². The van der Waals surface area contributed by atoms with E-state index in [2.05, 4.69) is 20.2 Å². The van der Waals surface area contributed by atoms with Gasteiger partial charge in [-0.05, 0) is 37.1 Å². The minimum absolute atomic E-state index is 0.167. The van der Waals surface area contributed by atoms with Crippen molar-refractivity contribution in [1.82, 2.24) is 9.97 Å². The van der Waals surface area contributed by atoms with Crippen LogP contribution in [0.25, 0.3) is 0 Å². The van der Waals surface area contributed by atoms with Crippen LogP contribution in [0.5, 0.6) is 0 Å². The molecule has 2 heterocycles. The van der Waals surface area contributed by atoms with E-state index < -0.39 is 0 Å². The first kappa shape index (κ1) is 12.8. The fraction of sp³-hybridized carbons (Fsp3) is 0.333. The molecule has 1 aromatic carbocycles. The third-order valence-corrected chi connectivity index (χ3v) is 3.51. The Morgan fingerprint density at radius 2 is 2.05 bits per heavy atom. The third kappa shape index (κ3) is 2.87. The van der Waals surface area contributed by atoms with Crippen LogP contribution in [0.1, 0.15) is 18.5 Å². The third-order valence-electron chi connectivity index (χ3n) is 3.51. The predicted octanol–water partition coefficient (Wildman–Crippen LogP) is 2.83. The summed E-state index contributed by atoms with van der Waals surface area (Å²) in [5, 5.41) is 3.17. The van der Waals surface area contributed by atoms with E-state index in [0.29, 0.717) is 12.2 Å². The van der Waals surface area contributed by atoms with E-state index in [0.717, 1.165) is 37.3 Å². The van der Waals surface area contributed by atoms with Crippen LogP contribution < -0.4 is 10.2 Å². The molecule has 104 valence electrons. The van der Waals surface area contributed by atoms with Crippen molar-refractivity contribution in [3.63, 3.8) is 0 Å². The highest BCUT2D eigenvalue weighted by Gasteiger charge is 2.16. The van der Waals surface area contributed by atoms with Crippen molar-refractivity contribution in [2.24, 2.45) is 0 Å². The summed E-state index contributed by atoms with van der Waals surface area (Å²) in [4.78, 5) is 10.1. The molecule has 1 N–H and O–H groups in total. The van der Waals surface area contributed by atoms with Crippen molar-refractivity contribution in [3.8, 4) is 0 Å². The van der Waals surface area contributed by atoms with Crippen LogP contribution >= 0.6 is 0 Å². The Labute approximate surface area is 117 Å². The highest BCUT2D eigenvalue weighted by molar-refractivity contribution is 5.56. The number of benzene rings is 1. The molecule has 1 aromatic heterocycles. The van der Waals surface area contributed by atoms with E-state index in [1.807, 2.05) is 18.2 Å². The van der Waals surface area contributed by atoms with Crippen LogP contribution in [0.3, 0.4) is 0 Å². The Morgan fingerprint density at radius 3 is 2.75 bits per heavy atom. The molecule has 1 saturated heterocycles. The van der Waals surface area contributed by atoms with Gasteiger partial charge in [-0.2, -0.15) is 0 Å². The molecule has 3 rings (SSSR count). The second-order valence-corrected chi connectivity index (χ2v) is 4.91. The van der Waals surface area contributed by atoms with Crippen LogP contribution in [0.15, 0.2) is 36.8 Å². The molecular weight excluding hydrogens is 255 g/mol. The Balaban J connectivity index is 1.67. The molecule has 0 bridgehead atoms. The number of rotatable bonds is 4. The topological polar surface area (TPSA) is 41.1 Å². The summed E-state index contributed by atoms with van der Waals surface area (Å²) < 4.78 is 14.1. The van der Waals surface area contributed by atoms with Gasteiger partial charge in [0.25, 0.3) is 0 Å². The van der Waals surface area contributed by atoms with E-state index in [-0.39, 0.29) is 5.82 Å². The summed E-state index contributed by atoms with van der Waals surface area (Å²) in [7, 11) is 0. The molecule has 0 amide bonds. The maximum atomic E-state index is 14.1. The highest BCUT2D eigenvalue weighted by Crippen LogP contribution is 2.26. The zero-order valence-electron chi connectivity index (χ0n) is 11.2. The van der Waals surface area contributed by atoms with E-state index in [1.54, 1.807) is 12.3 Å². The molecule has 5 heteroatoms. The maximum Gasteiger partial charge on any atom is 0.148 e. The van der Waals surface area contributed by atoms with Crippen LogP contribution in [0.4, 0.5) is 15.8 Å². The zero-order valence-corrected chi connectivity index (χ0v) is 11.2. The molecule has 0 spiro atoms. The lowest BCUT2D eigenvalue weighted by Gasteiger charge is -2.19. The van der Waals surface area contributed by atoms with Crippen molar-refractivity contribution in [2.45, 2.75) is 19.4 Å². The van der Waals surface area contributed by atoms with Gasteiger partial charge in [0.15, 0.2) is 0 Å².